The van der Waals surface area contributed by atoms with Crippen LogP contribution in [0.2, 0.25) is 0 Å². The summed E-state index contributed by atoms with van der Waals surface area (Å²) in [4.78, 5) is 12.5. The lowest BCUT2D eigenvalue weighted by Crippen LogP contribution is -2.43. The van der Waals surface area contributed by atoms with E-state index in [2.05, 4.69) is 5.32 Å². The van der Waals surface area contributed by atoms with Gasteiger partial charge in [-0.25, -0.2) is 8.42 Å². The van der Waals surface area contributed by atoms with Gasteiger partial charge in [0.25, 0.3) is 0 Å². The average molecular weight is 399 g/mol. The summed E-state index contributed by atoms with van der Waals surface area (Å²) >= 11 is 0. The Hall–Kier alpha value is -1.64. The third-order valence-corrected chi connectivity index (χ3v) is 6.51. The second-order valence-electron chi connectivity index (χ2n) is 6.92. The highest BCUT2D eigenvalue weighted by Crippen LogP contribution is 2.25. The number of carbonyl (C=O) groups excluding carboxylic acids is 1. The maximum Gasteiger partial charge on any atom is 0.243 e. The molecule has 0 unspecified atom stereocenters. The first kappa shape index (κ1) is 21.7. The molecule has 152 valence electrons. The average Bonchev–Trinajstić information content (AvgIpc) is 2.67. The molecule has 2 rings (SSSR count). The van der Waals surface area contributed by atoms with E-state index in [-0.39, 0.29) is 22.8 Å². The predicted octanol–water partition coefficient (Wildman–Crippen LogP) is 2.03. The molecule has 1 aromatic carbocycles. The molecule has 0 spiro atoms. The SMILES string of the molecule is COc1ccc(S(=O)(=O)N2CCC(C(=O)NCCCOC(C)C)CC2)cc1. The molecule has 8 heteroatoms. The minimum absolute atomic E-state index is 0.000965. The molecule has 1 saturated heterocycles. The molecule has 0 aromatic heterocycles. The van der Waals surface area contributed by atoms with Crippen molar-refractivity contribution < 1.29 is 22.7 Å². The van der Waals surface area contributed by atoms with Crippen LogP contribution in [-0.2, 0) is 19.6 Å². The third kappa shape index (κ3) is 6.19. The van der Waals surface area contributed by atoms with Gasteiger partial charge in [0, 0.05) is 32.2 Å². The number of hydrogen-bond acceptors (Lipinski definition) is 5. The van der Waals surface area contributed by atoms with Gasteiger partial charge in [0.15, 0.2) is 0 Å². The van der Waals surface area contributed by atoms with E-state index in [4.69, 9.17) is 9.47 Å². The van der Waals surface area contributed by atoms with Gasteiger partial charge in [-0.05, 0) is 57.4 Å². The molecule has 0 atom stereocenters. The zero-order valence-electron chi connectivity index (χ0n) is 16.3. The Morgan fingerprint density at radius 2 is 1.85 bits per heavy atom. The lowest BCUT2D eigenvalue weighted by atomic mass is 9.97. The van der Waals surface area contributed by atoms with Gasteiger partial charge in [0.05, 0.1) is 18.1 Å². The van der Waals surface area contributed by atoms with Crippen LogP contribution in [0.25, 0.3) is 0 Å². The van der Waals surface area contributed by atoms with Gasteiger partial charge in [-0.15, -0.1) is 0 Å². The number of amides is 1. The molecule has 1 amide bonds. The van der Waals surface area contributed by atoms with Crippen LogP contribution in [0.4, 0.5) is 0 Å². The van der Waals surface area contributed by atoms with Crippen molar-refractivity contribution >= 4 is 15.9 Å². The highest BCUT2D eigenvalue weighted by Gasteiger charge is 2.31. The van der Waals surface area contributed by atoms with Crippen molar-refractivity contribution in [3.8, 4) is 5.75 Å². The Bertz CT molecular complexity index is 695. The van der Waals surface area contributed by atoms with Crippen LogP contribution in [0.5, 0.6) is 5.75 Å². The minimum atomic E-state index is -3.54. The fraction of sp³-hybridized carbons (Fsp3) is 0.632. The Morgan fingerprint density at radius 1 is 1.22 bits per heavy atom. The maximum atomic E-state index is 12.7. The Labute approximate surface area is 162 Å². The van der Waals surface area contributed by atoms with E-state index in [0.717, 1.165) is 6.42 Å². The monoisotopic (exact) mass is 398 g/mol. The second-order valence-corrected chi connectivity index (χ2v) is 8.86. The van der Waals surface area contributed by atoms with Crippen molar-refractivity contribution in [3.05, 3.63) is 24.3 Å². The van der Waals surface area contributed by atoms with Gasteiger partial charge in [-0.2, -0.15) is 4.31 Å². The molecule has 1 fully saturated rings. The summed E-state index contributed by atoms with van der Waals surface area (Å²) in [7, 11) is -2.00. The van der Waals surface area contributed by atoms with Gasteiger partial charge in [0.1, 0.15) is 5.75 Å². The van der Waals surface area contributed by atoms with E-state index in [9.17, 15) is 13.2 Å². The van der Waals surface area contributed by atoms with Crippen LogP contribution >= 0.6 is 0 Å². The topological polar surface area (TPSA) is 84.9 Å². The van der Waals surface area contributed by atoms with Crippen LogP contribution in [0.15, 0.2) is 29.2 Å². The van der Waals surface area contributed by atoms with Crippen LogP contribution in [0.1, 0.15) is 33.1 Å². The van der Waals surface area contributed by atoms with E-state index in [1.165, 1.54) is 11.4 Å². The summed E-state index contributed by atoms with van der Waals surface area (Å²) in [6, 6.07) is 6.37. The maximum absolute atomic E-state index is 12.7. The molecule has 0 bridgehead atoms. The van der Waals surface area contributed by atoms with Crippen LogP contribution < -0.4 is 10.1 Å². The number of methoxy groups -OCH3 is 1. The third-order valence-electron chi connectivity index (χ3n) is 4.59. The zero-order chi connectivity index (χ0) is 19.9. The first-order chi connectivity index (χ1) is 12.8. The van der Waals surface area contributed by atoms with E-state index in [1.807, 2.05) is 13.8 Å². The summed E-state index contributed by atoms with van der Waals surface area (Å²) < 4.78 is 37.4. The van der Waals surface area contributed by atoms with Crippen molar-refractivity contribution in [3.63, 3.8) is 0 Å². The van der Waals surface area contributed by atoms with Crippen molar-refractivity contribution in [2.24, 2.45) is 5.92 Å². The quantitative estimate of drug-likeness (QED) is 0.644. The molecular weight excluding hydrogens is 368 g/mol. The molecule has 7 nitrogen and oxygen atoms in total. The smallest absolute Gasteiger partial charge is 0.243 e. The van der Waals surface area contributed by atoms with Crippen molar-refractivity contribution in [1.82, 2.24) is 9.62 Å². The number of rotatable bonds is 9. The second kappa shape index (κ2) is 10.1. The number of carbonyl (C=O) groups is 1. The Kier molecular flexibility index (Phi) is 8.07. The number of nitrogens with zero attached hydrogens (tertiary/aromatic N) is 1. The summed E-state index contributed by atoms with van der Waals surface area (Å²) in [5, 5.41) is 2.92. The molecule has 1 N–H and O–H groups in total. The Morgan fingerprint density at radius 3 is 2.41 bits per heavy atom. The number of piperidine rings is 1. The van der Waals surface area contributed by atoms with E-state index < -0.39 is 10.0 Å². The largest absolute Gasteiger partial charge is 0.497 e. The van der Waals surface area contributed by atoms with Crippen LogP contribution in [0.3, 0.4) is 0 Å². The zero-order valence-corrected chi connectivity index (χ0v) is 17.1. The molecular formula is C19H30N2O5S. The van der Waals surface area contributed by atoms with Gasteiger partial charge >= 0.3 is 0 Å². The summed E-state index contributed by atoms with van der Waals surface area (Å²) in [6.07, 6.45) is 2.03. The van der Waals surface area contributed by atoms with Gasteiger partial charge < -0.3 is 14.8 Å². The highest BCUT2D eigenvalue weighted by atomic mass is 32.2. The molecule has 1 aliphatic rings. The first-order valence-electron chi connectivity index (χ1n) is 9.38. The number of benzene rings is 1. The number of hydrogen-bond donors (Lipinski definition) is 1. The number of sulfonamides is 1. The van der Waals surface area contributed by atoms with E-state index >= 15 is 0 Å². The fourth-order valence-corrected chi connectivity index (χ4v) is 4.47. The molecule has 1 aromatic rings. The Balaban J connectivity index is 1.80. The first-order valence-corrected chi connectivity index (χ1v) is 10.8. The molecule has 0 saturated carbocycles. The van der Waals surface area contributed by atoms with Crippen molar-refractivity contribution in [1.29, 1.82) is 0 Å². The van der Waals surface area contributed by atoms with Gasteiger partial charge in [-0.1, -0.05) is 0 Å². The summed E-state index contributed by atoms with van der Waals surface area (Å²) in [5.41, 5.74) is 0. The van der Waals surface area contributed by atoms with Gasteiger partial charge in [-0.3, -0.25) is 4.79 Å². The van der Waals surface area contributed by atoms with E-state index in [0.29, 0.717) is 44.8 Å². The van der Waals surface area contributed by atoms with Crippen LogP contribution in [-0.4, -0.2) is 58.1 Å². The normalized spacial score (nSPS) is 16.4. The van der Waals surface area contributed by atoms with Crippen molar-refractivity contribution in [2.75, 3.05) is 33.4 Å². The molecule has 0 radical (unpaired) electrons. The highest BCUT2D eigenvalue weighted by molar-refractivity contribution is 7.89. The minimum Gasteiger partial charge on any atom is -0.497 e. The van der Waals surface area contributed by atoms with Crippen molar-refractivity contribution in [2.45, 2.75) is 44.1 Å². The molecule has 27 heavy (non-hydrogen) atoms. The lowest BCUT2D eigenvalue weighted by molar-refractivity contribution is -0.126. The molecule has 1 aliphatic heterocycles. The standard InChI is InChI=1S/C19H30N2O5S/c1-15(2)26-14-4-11-20-19(22)16-9-12-21(13-10-16)27(23,24)18-7-5-17(25-3)6-8-18/h5-8,15-16H,4,9-14H2,1-3H3,(H,20,22). The molecule has 0 aliphatic carbocycles. The fourth-order valence-electron chi connectivity index (χ4n) is 3.00. The number of nitrogens with one attached hydrogen (secondary N) is 1. The van der Waals surface area contributed by atoms with Gasteiger partial charge in [0.2, 0.25) is 15.9 Å². The lowest BCUT2D eigenvalue weighted by Gasteiger charge is -2.30. The summed E-state index contributed by atoms with van der Waals surface area (Å²) in [5.74, 6) is 0.475. The van der Waals surface area contributed by atoms with E-state index in [1.54, 1.807) is 24.3 Å². The summed E-state index contributed by atoms with van der Waals surface area (Å²) in [6.45, 7) is 5.86. The van der Waals surface area contributed by atoms with Crippen LogP contribution in [0, 0.1) is 5.92 Å². The predicted molar refractivity (Wildman–Crippen MR) is 103 cm³/mol. The number of ether oxygens (including phenoxy) is 2. The molecule has 1 heterocycles.